The van der Waals surface area contributed by atoms with Crippen molar-refractivity contribution in [3.8, 4) is 0 Å². The van der Waals surface area contributed by atoms with Gasteiger partial charge >= 0.3 is 0 Å². The molecule has 1 aromatic rings. The summed E-state index contributed by atoms with van der Waals surface area (Å²) in [4.78, 5) is 2.58. The summed E-state index contributed by atoms with van der Waals surface area (Å²) in [5.74, 6) is 0.664. The Kier molecular flexibility index (Phi) is 17.6. The van der Waals surface area contributed by atoms with E-state index in [0.29, 0.717) is 12.0 Å². The van der Waals surface area contributed by atoms with Crippen LogP contribution in [0.15, 0.2) is 61.2 Å². The Balaban J connectivity index is 0.00000227. The zero-order chi connectivity index (χ0) is 24.4. The molecule has 1 atom stereocenters. The fourth-order valence-electron chi connectivity index (χ4n) is 4.00. The topological polar surface area (TPSA) is 24.5 Å². The van der Waals surface area contributed by atoms with Crippen LogP contribution in [0.5, 0.6) is 0 Å². The second-order valence-electron chi connectivity index (χ2n) is 7.88. The van der Waals surface area contributed by atoms with Crippen molar-refractivity contribution in [1.29, 1.82) is 0 Å². The van der Waals surface area contributed by atoms with Gasteiger partial charge in [-0.05, 0) is 82.3 Å². The monoisotopic (exact) mass is 442 g/mol. The lowest BCUT2D eigenvalue weighted by molar-refractivity contribution is 0.0716. The molecule has 3 heteroatoms. The van der Waals surface area contributed by atoms with Gasteiger partial charge in [0, 0.05) is 24.9 Å². The Labute approximate surface area is 199 Å². The van der Waals surface area contributed by atoms with Crippen LogP contribution in [-0.4, -0.2) is 43.3 Å². The fraction of sp³-hybridized carbons (Fsp3) is 0.586. The summed E-state index contributed by atoms with van der Waals surface area (Å²) in [7, 11) is 0. The number of hydrogen-bond donors (Lipinski definition) is 1. The average molecular weight is 443 g/mol. The van der Waals surface area contributed by atoms with Crippen molar-refractivity contribution in [3.63, 3.8) is 0 Å². The largest absolute Gasteiger partial charge is 0.383 e. The fourth-order valence-corrected chi connectivity index (χ4v) is 4.00. The van der Waals surface area contributed by atoms with Gasteiger partial charge in [-0.25, -0.2) is 0 Å². The maximum atomic E-state index is 5.95. The highest BCUT2D eigenvalue weighted by molar-refractivity contribution is 5.47. The number of benzene rings is 1. The SMILES string of the molecule is C=C/C=C(\C=C)C(CCN1CCC(c2cccc(NC(C)C)c2)CC1)OCC.CC.CC. The molecule has 1 unspecified atom stereocenters. The van der Waals surface area contributed by atoms with Gasteiger partial charge in [-0.1, -0.05) is 71.2 Å². The molecule has 2 rings (SSSR count). The van der Waals surface area contributed by atoms with E-state index in [9.17, 15) is 0 Å². The molecule has 0 aromatic heterocycles. The van der Waals surface area contributed by atoms with Gasteiger partial charge in [0.15, 0.2) is 0 Å². The third-order valence-corrected chi connectivity index (χ3v) is 5.39. The summed E-state index contributed by atoms with van der Waals surface area (Å²) in [5, 5.41) is 3.52. The second kappa shape index (κ2) is 18.7. The molecule has 0 saturated carbocycles. The van der Waals surface area contributed by atoms with Crippen LogP contribution in [0.2, 0.25) is 0 Å². The number of anilines is 1. The highest BCUT2D eigenvalue weighted by Gasteiger charge is 2.22. The van der Waals surface area contributed by atoms with Gasteiger partial charge in [0.2, 0.25) is 0 Å². The van der Waals surface area contributed by atoms with E-state index in [1.54, 1.807) is 0 Å². The molecule has 0 aliphatic carbocycles. The van der Waals surface area contributed by atoms with Crippen molar-refractivity contribution >= 4 is 5.69 Å². The standard InChI is InChI=1S/C25H38N2O.2C2H6/c1-6-10-21(7-2)25(28-8-3)15-18-27-16-13-22(14-17-27)23-11-9-12-24(19-23)26-20(4)5;2*1-2/h6-7,9-12,19-20,22,25-26H,1-2,8,13-18H2,3-5H3;2*1-2H3/b21-10+;;. The van der Waals surface area contributed by atoms with Crippen molar-refractivity contribution in [2.24, 2.45) is 0 Å². The molecule has 1 heterocycles. The molecule has 1 N–H and O–H groups in total. The molecule has 0 spiro atoms. The first-order valence-corrected chi connectivity index (χ1v) is 12.7. The van der Waals surface area contributed by atoms with E-state index in [1.165, 1.54) is 24.1 Å². The first kappa shape index (κ1) is 30.2. The van der Waals surface area contributed by atoms with Crippen LogP contribution in [0.4, 0.5) is 5.69 Å². The minimum Gasteiger partial charge on any atom is -0.383 e. The predicted octanol–water partition coefficient (Wildman–Crippen LogP) is 7.83. The summed E-state index contributed by atoms with van der Waals surface area (Å²) >= 11 is 0. The van der Waals surface area contributed by atoms with Crippen LogP contribution in [0.3, 0.4) is 0 Å². The van der Waals surface area contributed by atoms with Crippen molar-refractivity contribution in [2.45, 2.75) is 85.8 Å². The van der Waals surface area contributed by atoms with Crippen molar-refractivity contribution < 1.29 is 4.74 Å². The highest BCUT2D eigenvalue weighted by atomic mass is 16.5. The van der Waals surface area contributed by atoms with Crippen molar-refractivity contribution in [1.82, 2.24) is 4.90 Å². The van der Waals surface area contributed by atoms with Crippen LogP contribution >= 0.6 is 0 Å². The molecule has 182 valence electrons. The smallest absolute Gasteiger partial charge is 0.0836 e. The molecule has 1 aliphatic rings. The van der Waals surface area contributed by atoms with Gasteiger partial charge in [-0.2, -0.15) is 0 Å². The predicted molar refractivity (Wildman–Crippen MR) is 145 cm³/mol. The molecule has 1 saturated heterocycles. The van der Waals surface area contributed by atoms with Crippen LogP contribution in [0, 0.1) is 0 Å². The molecule has 32 heavy (non-hydrogen) atoms. The molecular weight excluding hydrogens is 392 g/mol. The first-order chi connectivity index (χ1) is 15.6. The van der Waals surface area contributed by atoms with Gasteiger partial charge in [0.1, 0.15) is 0 Å². The lowest BCUT2D eigenvalue weighted by Gasteiger charge is -2.33. The van der Waals surface area contributed by atoms with E-state index in [-0.39, 0.29) is 6.10 Å². The molecule has 0 bridgehead atoms. The molecule has 0 radical (unpaired) electrons. The first-order valence-electron chi connectivity index (χ1n) is 12.7. The van der Waals surface area contributed by atoms with Crippen molar-refractivity contribution in [2.75, 3.05) is 31.6 Å². The van der Waals surface area contributed by atoms with Crippen LogP contribution in [0.1, 0.15) is 79.2 Å². The number of piperidine rings is 1. The van der Waals surface area contributed by atoms with Gasteiger partial charge in [0.05, 0.1) is 6.10 Å². The number of ether oxygens (including phenoxy) is 1. The Bertz CT molecular complexity index is 642. The number of nitrogens with one attached hydrogen (secondary N) is 1. The number of likely N-dealkylation sites (tertiary alicyclic amines) is 1. The molecule has 1 aromatic carbocycles. The van der Waals surface area contributed by atoms with Gasteiger partial charge < -0.3 is 15.0 Å². The quantitative estimate of drug-likeness (QED) is 0.353. The Morgan fingerprint density at radius 2 is 1.81 bits per heavy atom. The Hall–Kier alpha value is -1.84. The minimum atomic E-state index is 0.108. The van der Waals surface area contributed by atoms with Crippen LogP contribution in [-0.2, 0) is 4.74 Å². The normalized spacial score (nSPS) is 15.7. The summed E-state index contributed by atoms with van der Waals surface area (Å²) in [5.41, 5.74) is 3.84. The summed E-state index contributed by atoms with van der Waals surface area (Å²) in [6, 6.07) is 9.43. The maximum Gasteiger partial charge on any atom is 0.0836 e. The number of nitrogens with zero attached hydrogens (tertiary/aromatic N) is 1. The zero-order valence-corrected chi connectivity index (χ0v) is 22.0. The second-order valence-corrected chi connectivity index (χ2v) is 7.88. The van der Waals surface area contributed by atoms with Crippen LogP contribution < -0.4 is 5.32 Å². The van der Waals surface area contributed by atoms with E-state index in [0.717, 1.165) is 38.2 Å². The van der Waals surface area contributed by atoms with E-state index in [1.807, 2.05) is 45.9 Å². The summed E-state index contributed by atoms with van der Waals surface area (Å²) < 4.78 is 5.95. The Morgan fingerprint density at radius 3 is 2.34 bits per heavy atom. The van der Waals surface area contributed by atoms with E-state index in [2.05, 4.69) is 68.4 Å². The number of allylic oxidation sites excluding steroid dienone is 2. The van der Waals surface area contributed by atoms with Crippen LogP contribution in [0.25, 0.3) is 0 Å². The van der Waals surface area contributed by atoms with E-state index >= 15 is 0 Å². The van der Waals surface area contributed by atoms with Gasteiger partial charge in [-0.3, -0.25) is 0 Å². The molecule has 1 aliphatic heterocycles. The minimum absolute atomic E-state index is 0.108. The molecule has 0 amide bonds. The molecule has 1 fully saturated rings. The zero-order valence-electron chi connectivity index (χ0n) is 22.0. The molecular formula is C29H50N2O. The maximum absolute atomic E-state index is 5.95. The van der Waals surface area contributed by atoms with E-state index < -0.39 is 0 Å². The lowest BCUT2D eigenvalue weighted by atomic mass is 9.89. The van der Waals surface area contributed by atoms with E-state index in [4.69, 9.17) is 4.74 Å². The molecule has 3 nitrogen and oxygen atoms in total. The highest BCUT2D eigenvalue weighted by Crippen LogP contribution is 2.30. The average Bonchev–Trinajstić information content (AvgIpc) is 2.83. The third-order valence-electron chi connectivity index (χ3n) is 5.39. The summed E-state index contributed by atoms with van der Waals surface area (Å²) in [6.45, 7) is 26.2. The lowest BCUT2D eigenvalue weighted by Crippen LogP contribution is -2.35. The Morgan fingerprint density at radius 1 is 1.16 bits per heavy atom. The van der Waals surface area contributed by atoms with Gasteiger partial charge in [0.25, 0.3) is 0 Å². The summed E-state index contributed by atoms with van der Waals surface area (Å²) in [6.07, 6.45) is 9.28. The number of hydrogen-bond acceptors (Lipinski definition) is 3. The van der Waals surface area contributed by atoms with Crippen molar-refractivity contribution in [3.05, 3.63) is 66.8 Å². The van der Waals surface area contributed by atoms with Gasteiger partial charge in [-0.15, -0.1) is 0 Å². The third kappa shape index (κ3) is 11.2. The number of rotatable bonds is 11.